The summed E-state index contributed by atoms with van der Waals surface area (Å²) in [5, 5.41) is 13.2. The highest BCUT2D eigenvalue weighted by Gasteiger charge is 2.35. The van der Waals surface area contributed by atoms with E-state index in [9.17, 15) is 14.7 Å². The summed E-state index contributed by atoms with van der Waals surface area (Å²) in [4.78, 5) is 28.2. The van der Waals surface area contributed by atoms with Gasteiger partial charge in [0.2, 0.25) is 11.8 Å². The van der Waals surface area contributed by atoms with Gasteiger partial charge in [-0.25, -0.2) is 0 Å². The minimum Gasteiger partial charge on any atom is -0.387 e. The number of likely N-dealkylation sites (tertiary alicyclic amines) is 1. The number of ether oxygens (including phenoxy) is 1. The number of morpholine rings is 1. The first-order valence-electron chi connectivity index (χ1n) is 9.63. The van der Waals surface area contributed by atoms with Crippen molar-refractivity contribution in [1.82, 2.24) is 10.2 Å². The summed E-state index contributed by atoms with van der Waals surface area (Å²) < 4.78 is 5.36. The van der Waals surface area contributed by atoms with E-state index in [1.54, 1.807) is 4.90 Å². The van der Waals surface area contributed by atoms with Crippen LogP contribution in [0.25, 0.3) is 0 Å². The second kappa shape index (κ2) is 8.71. The van der Waals surface area contributed by atoms with E-state index in [0.29, 0.717) is 6.54 Å². The van der Waals surface area contributed by atoms with E-state index in [-0.39, 0.29) is 36.7 Å². The largest absolute Gasteiger partial charge is 0.387 e. The first kappa shape index (κ1) is 19.6. The van der Waals surface area contributed by atoms with Gasteiger partial charge in [-0.1, -0.05) is 12.1 Å². The van der Waals surface area contributed by atoms with Gasteiger partial charge in [0.1, 0.15) is 0 Å². The smallest absolute Gasteiger partial charge is 0.225 e. The van der Waals surface area contributed by atoms with E-state index in [0.717, 1.165) is 37.6 Å². The molecule has 2 N–H and O–H groups in total. The lowest BCUT2D eigenvalue weighted by atomic mass is 10.1. The topological polar surface area (TPSA) is 82.1 Å². The summed E-state index contributed by atoms with van der Waals surface area (Å²) in [5.41, 5.74) is 1.87. The molecule has 7 nitrogen and oxygen atoms in total. The third-order valence-corrected chi connectivity index (χ3v) is 5.28. The Bertz CT molecular complexity index is 656. The van der Waals surface area contributed by atoms with Crippen LogP contribution >= 0.6 is 0 Å². The van der Waals surface area contributed by atoms with Crippen molar-refractivity contribution in [1.29, 1.82) is 0 Å². The van der Waals surface area contributed by atoms with E-state index >= 15 is 0 Å². The van der Waals surface area contributed by atoms with Gasteiger partial charge < -0.3 is 25.0 Å². The third kappa shape index (κ3) is 4.78. The number of hydrogen-bond acceptors (Lipinski definition) is 5. The number of hydrogen-bond donors (Lipinski definition) is 2. The number of carbonyl (C=O) groups is 2. The average molecular weight is 375 g/mol. The number of benzene rings is 1. The van der Waals surface area contributed by atoms with Crippen LogP contribution in [0.3, 0.4) is 0 Å². The highest BCUT2D eigenvalue weighted by Crippen LogP contribution is 2.22. The maximum atomic E-state index is 12.3. The molecular formula is C20H29N3O4. The number of carbonyl (C=O) groups excluding carboxylic acids is 2. The summed E-state index contributed by atoms with van der Waals surface area (Å²) in [6.45, 7) is 7.68. The van der Waals surface area contributed by atoms with Crippen LogP contribution in [-0.4, -0.2) is 67.3 Å². The molecule has 0 bridgehead atoms. The summed E-state index contributed by atoms with van der Waals surface area (Å²) in [6, 6.07) is 7.86. The molecular weight excluding hydrogens is 346 g/mol. The van der Waals surface area contributed by atoms with E-state index in [1.165, 1.54) is 0 Å². The molecule has 2 heterocycles. The maximum Gasteiger partial charge on any atom is 0.225 e. The predicted molar refractivity (Wildman–Crippen MR) is 102 cm³/mol. The molecule has 2 aliphatic rings. The first-order valence-corrected chi connectivity index (χ1v) is 9.63. The van der Waals surface area contributed by atoms with Gasteiger partial charge in [-0.3, -0.25) is 9.59 Å². The molecule has 0 saturated carbocycles. The molecule has 2 atom stereocenters. The fourth-order valence-electron chi connectivity index (χ4n) is 3.59. The SMILES string of the molecule is CC(C)N1CC(C(=O)NCC(O)c2ccc(N3CCOCC3)cc2)CC1=O. The summed E-state index contributed by atoms with van der Waals surface area (Å²) in [7, 11) is 0. The number of nitrogens with zero attached hydrogens (tertiary/aromatic N) is 2. The van der Waals surface area contributed by atoms with Crippen molar-refractivity contribution in [2.45, 2.75) is 32.4 Å². The summed E-state index contributed by atoms with van der Waals surface area (Å²) in [6.07, 6.45) is -0.528. The van der Waals surface area contributed by atoms with Crippen LogP contribution in [0.4, 0.5) is 5.69 Å². The Morgan fingerprint density at radius 3 is 2.52 bits per heavy atom. The lowest BCUT2D eigenvalue weighted by Crippen LogP contribution is -2.37. The Morgan fingerprint density at radius 1 is 1.26 bits per heavy atom. The maximum absolute atomic E-state index is 12.3. The Labute approximate surface area is 160 Å². The van der Waals surface area contributed by atoms with Crippen molar-refractivity contribution >= 4 is 17.5 Å². The van der Waals surface area contributed by atoms with E-state index in [1.807, 2.05) is 38.1 Å². The molecule has 0 radical (unpaired) electrons. The minimum absolute atomic E-state index is 0.0180. The molecule has 2 fully saturated rings. The molecule has 0 spiro atoms. The van der Waals surface area contributed by atoms with Crippen LogP contribution in [0.2, 0.25) is 0 Å². The zero-order valence-corrected chi connectivity index (χ0v) is 16.1. The number of rotatable bonds is 6. The van der Waals surface area contributed by atoms with Gasteiger partial charge in [0.05, 0.1) is 25.2 Å². The number of anilines is 1. The zero-order chi connectivity index (χ0) is 19.4. The molecule has 2 aliphatic heterocycles. The Hall–Kier alpha value is -2.12. The zero-order valence-electron chi connectivity index (χ0n) is 16.1. The van der Waals surface area contributed by atoms with Gasteiger partial charge in [0.15, 0.2) is 0 Å². The molecule has 2 saturated heterocycles. The van der Waals surface area contributed by atoms with Gasteiger partial charge in [0.25, 0.3) is 0 Å². The number of nitrogens with one attached hydrogen (secondary N) is 1. The molecule has 0 aliphatic carbocycles. The number of aliphatic hydroxyl groups excluding tert-OH is 1. The third-order valence-electron chi connectivity index (χ3n) is 5.28. The monoisotopic (exact) mass is 375 g/mol. The molecule has 0 aromatic heterocycles. The fraction of sp³-hybridized carbons (Fsp3) is 0.600. The number of aliphatic hydroxyl groups is 1. The van der Waals surface area contributed by atoms with Crippen molar-refractivity contribution in [3.63, 3.8) is 0 Å². The molecule has 2 unspecified atom stereocenters. The molecule has 1 aromatic carbocycles. The number of amides is 2. The second-order valence-corrected chi connectivity index (χ2v) is 7.49. The molecule has 1 aromatic rings. The molecule has 148 valence electrons. The van der Waals surface area contributed by atoms with Crippen LogP contribution < -0.4 is 10.2 Å². The lowest BCUT2D eigenvalue weighted by molar-refractivity contribution is -0.130. The van der Waals surface area contributed by atoms with Crippen molar-refractivity contribution in [3.8, 4) is 0 Å². The quantitative estimate of drug-likeness (QED) is 0.773. The van der Waals surface area contributed by atoms with Crippen molar-refractivity contribution in [3.05, 3.63) is 29.8 Å². The van der Waals surface area contributed by atoms with Gasteiger partial charge in [0, 0.05) is 44.3 Å². The van der Waals surface area contributed by atoms with Gasteiger partial charge in [-0.15, -0.1) is 0 Å². The fourth-order valence-corrected chi connectivity index (χ4v) is 3.59. The Balaban J connectivity index is 1.49. The van der Waals surface area contributed by atoms with Crippen molar-refractivity contribution in [2.24, 2.45) is 5.92 Å². The van der Waals surface area contributed by atoms with Crippen molar-refractivity contribution < 1.29 is 19.4 Å². The Kier molecular flexibility index (Phi) is 6.34. The van der Waals surface area contributed by atoms with Crippen LogP contribution in [0.1, 0.15) is 31.9 Å². The standard InChI is InChI=1S/C20H29N3O4/c1-14(2)23-13-16(11-19(23)25)20(26)21-12-18(24)15-3-5-17(6-4-15)22-7-9-27-10-8-22/h3-6,14,16,18,24H,7-13H2,1-2H3,(H,21,26). The highest BCUT2D eigenvalue weighted by atomic mass is 16.5. The molecule has 2 amide bonds. The van der Waals surface area contributed by atoms with Crippen LogP contribution in [-0.2, 0) is 14.3 Å². The van der Waals surface area contributed by atoms with Gasteiger partial charge >= 0.3 is 0 Å². The van der Waals surface area contributed by atoms with Gasteiger partial charge in [-0.2, -0.15) is 0 Å². The van der Waals surface area contributed by atoms with Crippen LogP contribution in [0.5, 0.6) is 0 Å². The lowest BCUT2D eigenvalue weighted by Gasteiger charge is -2.29. The second-order valence-electron chi connectivity index (χ2n) is 7.49. The minimum atomic E-state index is -0.772. The molecule has 7 heteroatoms. The van der Waals surface area contributed by atoms with Crippen LogP contribution in [0, 0.1) is 5.92 Å². The molecule has 3 rings (SSSR count). The van der Waals surface area contributed by atoms with Crippen molar-refractivity contribution in [2.75, 3.05) is 44.3 Å². The average Bonchev–Trinajstić information content (AvgIpc) is 3.09. The van der Waals surface area contributed by atoms with Gasteiger partial charge in [-0.05, 0) is 31.5 Å². The van der Waals surface area contributed by atoms with E-state index < -0.39 is 6.10 Å². The Morgan fingerprint density at radius 2 is 1.93 bits per heavy atom. The predicted octanol–water partition coefficient (Wildman–Crippen LogP) is 0.930. The highest BCUT2D eigenvalue weighted by molar-refractivity contribution is 5.89. The summed E-state index contributed by atoms with van der Waals surface area (Å²) >= 11 is 0. The molecule has 27 heavy (non-hydrogen) atoms. The van der Waals surface area contributed by atoms with Crippen LogP contribution in [0.15, 0.2) is 24.3 Å². The first-order chi connectivity index (χ1) is 13.0. The summed E-state index contributed by atoms with van der Waals surface area (Å²) in [5.74, 6) is -0.490. The van der Waals surface area contributed by atoms with E-state index in [2.05, 4.69) is 10.2 Å². The normalized spacial score (nSPS) is 21.6. The van der Waals surface area contributed by atoms with E-state index in [4.69, 9.17) is 4.74 Å².